The van der Waals surface area contributed by atoms with Crippen molar-refractivity contribution >= 4 is 10.4 Å². The van der Waals surface area contributed by atoms with Gasteiger partial charge < -0.3 is 4.84 Å². The van der Waals surface area contributed by atoms with Gasteiger partial charge in [0.05, 0.1) is 20.8 Å². The van der Waals surface area contributed by atoms with Crippen LogP contribution < -0.4 is 5.90 Å². The second kappa shape index (κ2) is 8.88. The van der Waals surface area contributed by atoms with Crippen LogP contribution in [-0.4, -0.2) is 29.2 Å². The molecule has 0 rings (SSSR count). The first-order valence-electron chi connectivity index (χ1n) is 3.21. The summed E-state index contributed by atoms with van der Waals surface area (Å²) in [6.45, 7) is 2.67. The average molecular weight is 201 g/mol. The number of hydrogen-bond donors (Lipinski definition) is 1. The first-order chi connectivity index (χ1) is 5.54. The fourth-order valence-electron chi connectivity index (χ4n) is 0.186. The molecule has 0 saturated heterocycles. The summed E-state index contributed by atoms with van der Waals surface area (Å²) in [4.78, 5) is 4.19. The highest BCUT2D eigenvalue weighted by Gasteiger charge is 2.01. The van der Waals surface area contributed by atoms with Crippen LogP contribution in [0.1, 0.15) is 13.3 Å². The summed E-state index contributed by atoms with van der Waals surface area (Å²) in [7, 11) is -1.60. The summed E-state index contributed by atoms with van der Waals surface area (Å²) in [6.07, 6.45) is 0.997. The molecule has 0 amide bonds. The largest absolute Gasteiger partial charge is 0.399 e. The lowest BCUT2D eigenvalue weighted by molar-refractivity contribution is 0.138. The maximum atomic E-state index is 9.92. The zero-order chi connectivity index (χ0) is 10.0. The molecule has 0 aromatic rings. The monoisotopic (exact) mass is 201 g/mol. The lowest BCUT2D eigenvalue weighted by Crippen LogP contribution is -2.02. The van der Waals surface area contributed by atoms with Gasteiger partial charge in [-0.3, -0.25) is 8.37 Å². The summed E-state index contributed by atoms with van der Waals surface area (Å²) in [5, 5.41) is 0. The normalized spacial score (nSPS) is 10.3. The molecule has 0 aliphatic carbocycles. The molecule has 0 heterocycles. The van der Waals surface area contributed by atoms with Gasteiger partial charge >= 0.3 is 10.4 Å². The van der Waals surface area contributed by atoms with E-state index in [9.17, 15) is 8.42 Å². The molecule has 0 aromatic carbocycles. The summed E-state index contributed by atoms with van der Waals surface area (Å²) in [5.41, 5.74) is 0. The van der Waals surface area contributed by atoms with Crippen LogP contribution in [0.5, 0.6) is 0 Å². The molecule has 2 N–H and O–H groups in total. The lowest BCUT2D eigenvalue weighted by atomic mass is 10.5. The van der Waals surface area contributed by atoms with E-state index >= 15 is 0 Å². The predicted octanol–water partition coefficient (Wildman–Crippen LogP) is -0.189. The third-order valence-corrected chi connectivity index (χ3v) is 1.55. The highest BCUT2D eigenvalue weighted by atomic mass is 32.3. The summed E-state index contributed by atoms with van der Waals surface area (Å²) in [5.74, 6) is 4.64. The van der Waals surface area contributed by atoms with Crippen molar-refractivity contribution in [2.45, 2.75) is 13.3 Å². The smallest absolute Gasteiger partial charge is 0.305 e. The van der Waals surface area contributed by atoms with E-state index in [0.29, 0.717) is 6.61 Å². The Kier molecular flexibility index (Phi) is 10.6. The van der Waals surface area contributed by atoms with Gasteiger partial charge in [0.15, 0.2) is 0 Å². The van der Waals surface area contributed by atoms with Crippen LogP contribution >= 0.6 is 0 Å². The first kappa shape index (κ1) is 14.3. The molecular weight excluding hydrogens is 186 g/mol. The van der Waals surface area contributed by atoms with Crippen LogP contribution in [0.2, 0.25) is 0 Å². The van der Waals surface area contributed by atoms with E-state index in [-0.39, 0.29) is 0 Å². The van der Waals surface area contributed by atoms with Crippen LogP contribution in [0, 0.1) is 0 Å². The molecular formula is C5H15NO5S. The van der Waals surface area contributed by atoms with Crippen molar-refractivity contribution < 1.29 is 21.6 Å². The van der Waals surface area contributed by atoms with Crippen LogP contribution in [0.15, 0.2) is 0 Å². The first-order valence-corrected chi connectivity index (χ1v) is 4.55. The van der Waals surface area contributed by atoms with Crippen LogP contribution in [0.25, 0.3) is 0 Å². The average Bonchev–Trinajstić information content (AvgIpc) is 2.07. The maximum Gasteiger partial charge on any atom is 0.399 e. The zero-order valence-corrected chi connectivity index (χ0v) is 8.26. The highest BCUT2D eigenvalue weighted by Crippen LogP contribution is 1.85. The van der Waals surface area contributed by atoms with E-state index in [1.807, 2.05) is 6.92 Å². The second-order valence-electron chi connectivity index (χ2n) is 1.61. The molecule has 0 aliphatic heterocycles. The highest BCUT2D eigenvalue weighted by molar-refractivity contribution is 7.81. The second-order valence-corrected chi connectivity index (χ2v) is 3.10. The standard InChI is InChI=1S/C3H9NO.C2H6O4S/c1-2-3-5-4;1-5-7(3,4)6-2/h2-4H2,1H3;1-2H3. The minimum absolute atomic E-state index is 0.667. The SMILES string of the molecule is CCCON.COS(=O)(=O)OC. The molecule has 0 atom stereocenters. The molecule has 0 bridgehead atoms. The maximum absolute atomic E-state index is 9.92. The fourth-order valence-corrected chi connectivity index (χ4v) is 0.322. The third-order valence-electron chi connectivity index (χ3n) is 0.730. The number of rotatable bonds is 4. The van der Waals surface area contributed by atoms with E-state index in [2.05, 4.69) is 19.1 Å². The molecule has 76 valence electrons. The van der Waals surface area contributed by atoms with Crippen molar-refractivity contribution in [3.05, 3.63) is 0 Å². The summed E-state index contributed by atoms with van der Waals surface area (Å²) < 4.78 is 27.5. The van der Waals surface area contributed by atoms with Crippen molar-refractivity contribution in [3.8, 4) is 0 Å². The summed E-state index contributed by atoms with van der Waals surface area (Å²) >= 11 is 0. The van der Waals surface area contributed by atoms with Crippen molar-refractivity contribution in [1.82, 2.24) is 0 Å². The topological polar surface area (TPSA) is 87.9 Å². The number of nitrogens with two attached hydrogens (primary N) is 1. The van der Waals surface area contributed by atoms with Gasteiger partial charge in [-0.2, -0.15) is 8.42 Å². The van der Waals surface area contributed by atoms with E-state index in [4.69, 9.17) is 0 Å². The van der Waals surface area contributed by atoms with E-state index < -0.39 is 10.4 Å². The Hall–Kier alpha value is -0.210. The Morgan fingerprint density at radius 1 is 1.25 bits per heavy atom. The molecule has 0 spiro atoms. The van der Waals surface area contributed by atoms with E-state index in [0.717, 1.165) is 20.6 Å². The van der Waals surface area contributed by atoms with Gasteiger partial charge in [-0.05, 0) is 6.42 Å². The molecule has 0 aliphatic rings. The number of hydrogen-bond acceptors (Lipinski definition) is 6. The van der Waals surface area contributed by atoms with Crippen LogP contribution in [0.4, 0.5) is 0 Å². The van der Waals surface area contributed by atoms with Gasteiger partial charge in [0.25, 0.3) is 0 Å². The Morgan fingerprint density at radius 3 is 1.67 bits per heavy atom. The zero-order valence-electron chi connectivity index (χ0n) is 7.44. The molecule has 0 aromatic heterocycles. The Bertz CT molecular complexity index is 155. The van der Waals surface area contributed by atoms with Crippen molar-refractivity contribution in [1.29, 1.82) is 0 Å². The Morgan fingerprint density at radius 2 is 1.67 bits per heavy atom. The molecule has 0 fully saturated rings. The third kappa shape index (κ3) is 12.5. The molecule has 7 heteroatoms. The minimum Gasteiger partial charge on any atom is -0.305 e. The van der Waals surface area contributed by atoms with Crippen molar-refractivity contribution in [2.75, 3.05) is 20.8 Å². The van der Waals surface area contributed by atoms with Crippen molar-refractivity contribution in [3.63, 3.8) is 0 Å². The summed E-state index contributed by atoms with van der Waals surface area (Å²) in [6, 6.07) is 0. The Labute approximate surface area is 72.9 Å². The molecule has 0 saturated carbocycles. The predicted molar refractivity (Wildman–Crippen MR) is 43.4 cm³/mol. The van der Waals surface area contributed by atoms with Crippen LogP contribution in [-0.2, 0) is 23.6 Å². The van der Waals surface area contributed by atoms with Gasteiger partial charge in [-0.15, -0.1) is 0 Å². The van der Waals surface area contributed by atoms with Gasteiger partial charge in [-0.25, -0.2) is 5.90 Å². The van der Waals surface area contributed by atoms with Crippen LogP contribution in [0.3, 0.4) is 0 Å². The van der Waals surface area contributed by atoms with Gasteiger partial charge in [0, 0.05) is 0 Å². The molecule has 0 unspecified atom stereocenters. The lowest BCUT2D eigenvalue weighted by Gasteiger charge is -1.91. The Balaban J connectivity index is 0. The van der Waals surface area contributed by atoms with Crippen molar-refractivity contribution in [2.24, 2.45) is 5.90 Å². The minimum atomic E-state index is -3.66. The molecule has 0 radical (unpaired) electrons. The van der Waals surface area contributed by atoms with E-state index in [1.54, 1.807) is 0 Å². The van der Waals surface area contributed by atoms with Gasteiger partial charge in [-0.1, -0.05) is 6.92 Å². The molecule has 6 nitrogen and oxygen atoms in total. The van der Waals surface area contributed by atoms with Gasteiger partial charge in [0.1, 0.15) is 0 Å². The van der Waals surface area contributed by atoms with E-state index in [1.165, 1.54) is 0 Å². The molecule has 12 heavy (non-hydrogen) atoms. The fraction of sp³-hybridized carbons (Fsp3) is 1.00. The quantitative estimate of drug-likeness (QED) is 0.634. The van der Waals surface area contributed by atoms with Gasteiger partial charge in [0.2, 0.25) is 0 Å².